The molecule has 0 bridgehead atoms. The molecule has 0 saturated carbocycles. The van der Waals surface area contributed by atoms with Crippen LogP contribution in [0.3, 0.4) is 0 Å². The molecule has 0 aliphatic rings. The van der Waals surface area contributed by atoms with E-state index in [0.29, 0.717) is 15.9 Å². The van der Waals surface area contributed by atoms with E-state index in [4.69, 9.17) is 4.74 Å². The van der Waals surface area contributed by atoms with Gasteiger partial charge in [-0.1, -0.05) is 0 Å². The summed E-state index contributed by atoms with van der Waals surface area (Å²) in [5.74, 6) is -0.544. The number of rotatable bonds is 2. The van der Waals surface area contributed by atoms with E-state index in [1.807, 2.05) is 0 Å². The summed E-state index contributed by atoms with van der Waals surface area (Å²) in [4.78, 5) is 27.2. The van der Waals surface area contributed by atoms with Gasteiger partial charge in [-0.25, -0.2) is 14.6 Å². The van der Waals surface area contributed by atoms with Gasteiger partial charge in [0, 0.05) is 4.47 Å². The van der Waals surface area contributed by atoms with Crippen molar-refractivity contribution >= 4 is 33.7 Å². The van der Waals surface area contributed by atoms with E-state index in [9.17, 15) is 9.59 Å². The Bertz CT molecular complexity index is 515. The van der Waals surface area contributed by atoms with E-state index in [1.54, 1.807) is 27.7 Å². The van der Waals surface area contributed by atoms with Crippen LogP contribution in [0.5, 0.6) is 0 Å². The number of hydrogen-bond acceptors (Lipinski definition) is 5. The Morgan fingerprint density at radius 2 is 1.95 bits per heavy atom. The fourth-order valence-electron chi connectivity index (χ4n) is 1.40. The van der Waals surface area contributed by atoms with Crippen LogP contribution in [0, 0.1) is 6.92 Å². The smallest absolute Gasteiger partial charge is 0.412 e. The lowest BCUT2D eigenvalue weighted by Gasteiger charge is -2.20. The number of amides is 1. The molecule has 0 saturated heterocycles. The van der Waals surface area contributed by atoms with E-state index in [2.05, 4.69) is 31.0 Å². The molecular weight excluding hydrogens is 328 g/mol. The van der Waals surface area contributed by atoms with Gasteiger partial charge in [-0.05, 0) is 49.7 Å². The first-order valence-electron chi connectivity index (χ1n) is 5.89. The number of anilines is 1. The van der Waals surface area contributed by atoms with Crippen LogP contribution in [0.25, 0.3) is 0 Å². The van der Waals surface area contributed by atoms with E-state index in [0.717, 1.165) is 0 Å². The molecule has 1 N–H and O–H groups in total. The lowest BCUT2D eigenvalue weighted by atomic mass is 10.2. The fraction of sp³-hybridized carbons (Fsp3) is 0.462. The molecule has 0 radical (unpaired) electrons. The molecule has 0 spiro atoms. The topological polar surface area (TPSA) is 77.5 Å². The summed E-state index contributed by atoms with van der Waals surface area (Å²) in [5.41, 5.74) is 0.494. The zero-order valence-electron chi connectivity index (χ0n) is 12.0. The summed E-state index contributed by atoms with van der Waals surface area (Å²) < 4.78 is 10.3. The molecule has 0 aromatic carbocycles. The number of carbonyl (C=O) groups excluding carboxylic acids is 2. The molecule has 6 nitrogen and oxygen atoms in total. The molecule has 0 aliphatic carbocycles. The molecule has 0 fully saturated rings. The Balaban J connectivity index is 2.98. The average Bonchev–Trinajstić information content (AvgIpc) is 2.30. The third-order valence-electron chi connectivity index (χ3n) is 2.17. The predicted octanol–water partition coefficient (Wildman–Crippen LogP) is 3.29. The third kappa shape index (κ3) is 4.48. The fourth-order valence-corrected chi connectivity index (χ4v) is 2.00. The van der Waals surface area contributed by atoms with Gasteiger partial charge in [-0.3, -0.25) is 5.32 Å². The summed E-state index contributed by atoms with van der Waals surface area (Å²) in [6.45, 7) is 6.98. The van der Waals surface area contributed by atoms with Crippen molar-refractivity contribution < 1.29 is 19.1 Å². The molecule has 20 heavy (non-hydrogen) atoms. The van der Waals surface area contributed by atoms with Crippen molar-refractivity contribution in [2.75, 3.05) is 12.4 Å². The van der Waals surface area contributed by atoms with Gasteiger partial charge in [0.25, 0.3) is 0 Å². The van der Waals surface area contributed by atoms with Gasteiger partial charge in [-0.15, -0.1) is 0 Å². The average molecular weight is 345 g/mol. The van der Waals surface area contributed by atoms with Crippen LogP contribution in [0.4, 0.5) is 10.5 Å². The molecule has 110 valence electrons. The maximum atomic E-state index is 11.7. The number of halogens is 1. The van der Waals surface area contributed by atoms with Crippen molar-refractivity contribution in [2.24, 2.45) is 0 Å². The molecule has 0 unspecified atom stereocenters. The van der Waals surface area contributed by atoms with Gasteiger partial charge in [0.15, 0.2) is 0 Å². The van der Waals surface area contributed by atoms with Gasteiger partial charge in [0.2, 0.25) is 0 Å². The Kier molecular flexibility index (Phi) is 5.10. The summed E-state index contributed by atoms with van der Waals surface area (Å²) in [7, 11) is 1.28. The summed E-state index contributed by atoms with van der Waals surface area (Å²) in [6, 6.07) is 1.48. The molecule has 1 amide bonds. The quantitative estimate of drug-likeness (QED) is 0.833. The summed E-state index contributed by atoms with van der Waals surface area (Å²) >= 11 is 3.29. The summed E-state index contributed by atoms with van der Waals surface area (Å²) in [5, 5.41) is 2.60. The highest BCUT2D eigenvalue weighted by molar-refractivity contribution is 9.10. The van der Waals surface area contributed by atoms with E-state index < -0.39 is 17.7 Å². The third-order valence-corrected chi connectivity index (χ3v) is 2.80. The van der Waals surface area contributed by atoms with Crippen LogP contribution in [-0.4, -0.2) is 29.8 Å². The Morgan fingerprint density at radius 3 is 2.40 bits per heavy atom. The maximum absolute atomic E-state index is 11.7. The zero-order chi connectivity index (χ0) is 15.5. The molecule has 7 heteroatoms. The molecule has 1 heterocycles. The Labute approximate surface area is 126 Å². The molecule has 1 rings (SSSR count). The summed E-state index contributed by atoms with van der Waals surface area (Å²) in [6.07, 6.45) is -0.589. The van der Waals surface area contributed by atoms with Gasteiger partial charge in [-0.2, -0.15) is 0 Å². The van der Waals surface area contributed by atoms with E-state index in [-0.39, 0.29) is 5.69 Å². The monoisotopic (exact) mass is 344 g/mol. The minimum atomic E-state index is -0.593. The number of methoxy groups -OCH3 is 1. The zero-order valence-corrected chi connectivity index (χ0v) is 13.6. The van der Waals surface area contributed by atoms with Crippen molar-refractivity contribution in [3.05, 3.63) is 21.9 Å². The number of hydrogen-bond donors (Lipinski definition) is 1. The second kappa shape index (κ2) is 6.21. The van der Waals surface area contributed by atoms with Crippen molar-refractivity contribution in [3.63, 3.8) is 0 Å². The normalized spacial score (nSPS) is 10.9. The molecule has 0 aliphatic heterocycles. The van der Waals surface area contributed by atoms with Crippen molar-refractivity contribution in [1.29, 1.82) is 0 Å². The highest BCUT2D eigenvalue weighted by atomic mass is 79.9. The van der Waals surface area contributed by atoms with Crippen molar-refractivity contribution in [3.8, 4) is 0 Å². The maximum Gasteiger partial charge on any atom is 0.412 e. The Hall–Kier alpha value is -1.63. The van der Waals surface area contributed by atoms with Crippen LogP contribution in [-0.2, 0) is 9.47 Å². The highest BCUT2D eigenvalue weighted by Gasteiger charge is 2.19. The van der Waals surface area contributed by atoms with E-state index in [1.165, 1.54) is 13.2 Å². The first kappa shape index (κ1) is 16.4. The number of nitrogens with one attached hydrogen (secondary N) is 1. The number of nitrogens with zero attached hydrogens (tertiary/aromatic N) is 1. The van der Waals surface area contributed by atoms with Crippen molar-refractivity contribution in [1.82, 2.24) is 4.98 Å². The molecule has 0 atom stereocenters. The number of carbonyl (C=O) groups is 2. The van der Waals surface area contributed by atoms with Crippen LogP contribution < -0.4 is 5.32 Å². The number of pyridine rings is 1. The van der Waals surface area contributed by atoms with Crippen LogP contribution in [0.1, 0.15) is 37.0 Å². The lowest BCUT2D eigenvalue weighted by Crippen LogP contribution is -2.27. The number of aryl methyl sites for hydroxylation is 1. The van der Waals surface area contributed by atoms with Gasteiger partial charge >= 0.3 is 12.1 Å². The number of esters is 1. The first-order chi connectivity index (χ1) is 9.14. The molecule has 1 aromatic heterocycles. The number of aromatic nitrogens is 1. The largest absolute Gasteiger partial charge is 0.464 e. The minimum Gasteiger partial charge on any atom is -0.464 e. The molecule has 1 aromatic rings. The van der Waals surface area contributed by atoms with Gasteiger partial charge in [0.05, 0.1) is 18.5 Å². The van der Waals surface area contributed by atoms with E-state index >= 15 is 0 Å². The standard InChI is InChI=1S/C13H17BrN2O4/c1-7-10(16-12(18)20-13(2,3)4)8(14)6-9(15-7)11(17)19-5/h6H,1-5H3,(H,16,18). The SMILES string of the molecule is COC(=O)c1cc(Br)c(NC(=O)OC(C)(C)C)c(C)n1. The van der Waals surface area contributed by atoms with Gasteiger partial charge in [0.1, 0.15) is 11.3 Å². The number of ether oxygens (including phenoxy) is 2. The predicted molar refractivity (Wildman–Crippen MR) is 77.9 cm³/mol. The second-order valence-corrected chi connectivity index (χ2v) is 5.92. The second-order valence-electron chi connectivity index (χ2n) is 5.07. The van der Waals surface area contributed by atoms with Crippen molar-refractivity contribution in [2.45, 2.75) is 33.3 Å². The highest BCUT2D eigenvalue weighted by Crippen LogP contribution is 2.26. The Morgan fingerprint density at radius 1 is 1.35 bits per heavy atom. The molecular formula is C13H17BrN2O4. The minimum absolute atomic E-state index is 0.159. The van der Waals surface area contributed by atoms with Crippen LogP contribution in [0.2, 0.25) is 0 Å². The van der Waals surface area contributed by atoms with Crippen LogP contribution in [0.15, 0.2) is 10.5 Å². The first-order valence-corrected chi connectivity index (χ1v) is 6.69. The lowest BCUT2D eigenvalue weighted by molar-refractivity contribution is 0.0592. The van der Waals surface area contributed by atoms with Crippen LogP contribution >= 0.6 is 15.9 Å². The van der Waals surface area contributed by atoms with Gasteiger partial charge < -0.3 is 9.47 Å².